The molecule has 0 saturated carbocycles. The maximum absolute atomic E-state index is 12.1. The minimum atomic E-state index is -3.35. The summed E-state index contributed by atoms with van der Waals surface area (Å²) in [5, 5.41) is 2.58. The Kier molecular flexibility index (Phi) is 5.89. The topological polar surface area (TPSA) is 107 Å². The van der Waals surface area contributed by atoms with Crippen LogP contribution in [0.15, 0.2) is 53.4 Å². The Labute approximate surface area is 150 Å². The zero-order valence-corrected chi connectivity index (χ0v) is 15.0. The fourth-order valence-corrected chi connectivity index (χ4v) is 2.71. The zero-order valence-electron chi connectivity index (χ0n) is 14.2. The van der Waals surface area contributed by atoms with Gasteiger partial charge in [-0.2, -0.15) is 0 Å². The Morgan fingerprint density at radius 2 is 1.46 bits per heavy atom. The van der Waals surface area contributed by atoms with Gasteiger partial charge in [-0.05, 0) is 48.5 Å². The number of benzene rings is 2. The van der Waals surface area contributed by atoms with Crippen LogP contribution in [0.3, 0.4) is 0 Å². The van der Waals surface area contributed by atoms with E-state index >= 15 is 0 Å². The summed E-state index contributed by atoms with van der Waals surface area (Å²) >= 11 is 0. The van der Waals surface area contributed by atoms with E-state index in [0.29, 0.717) is 11.3 Å². The maximum atomic E-state index is 12.1. The number of esters is 1. The van der Waals surface area contributed by atoms with Crippen molar-refractivity contribution in [2.24, 2.45) is 0 Å². The number of Topliss-reactive ketones (excluding diaryl/α,β-unsaturated/α-hetero) is 1. The van der Waals surface area contributed by atoms with Crippen molar-refractivity contribution in [3.63, 3.8) is 0 Å². The highest BCUT2D eigenvalue weighted by atomic mass is 32.2. The van der Waals surface area contributed by atoms with Crippen LogP contribution in [0, 0.1) is 0 Å². The Bertz CT molecular complexity index is 931. The van der Waals surface area contributed by atoms with Crippen molar-refractivity contribution in [3.8, 4) is 0 Å². The second-order valence-electron chi connectivity index (χ2n) is 5.55. The summed E-state index contributed by atoms with van der Waals surface area (Å²) in [7, 11) is -3.35. The number of carbonyl (C=O) groups is 3. The second kappa shape index (κ2) is 7.92. The van der Waals surface area contributed by atoms with Gasteiger partial charge in [0.05, 0.1) is 10.5 Å². The third kappa shape index (κ3) is 5.25. The monoisotopic (exact) mass is 375 g/mol. The SMILES string of the molecule is CC(=O)Nc1ccc(C(=O)COC(=O)c2ccc(S(C)(=O)=O)cc2)cc1. The molecule has 0 aromatic heterocycles. The number of hydrogen-bond acceptors (Lipinski definition) is 6. The molecule has 2 aromatic carbocycles. The highest BCUT2D eigenvalue weighted by Crippen LogP contribution is 2.13. The lowest BCUT2D eigenvalue weighted by Gasteiger charge is -2.06. The number of carbonyl (C=O) groups excluding carboxylic acids is 3. The molecule has 0 aliphatic rings. The second-order valence-corrected chi connectivity index (χ2v) is 7.57. The zero-order chi connectivity index (χ0) is 19.3. The van der Waals surface area contributed by atoms with E-state index in [1.54, 1.807) is 12.1 Å². The highest BCUT2D eigenvalue weighted by molar-refractivity contribution is 7.90. The number of anilines is 1. The quantitative estimate of drug-likeness (QED) is 0.612. The number of nitrogens with one attached hydrogen (secondary N) is 1. The third-order valence-corrected chi connectivity index (χ3v) is 4.51. The molecule has 0 radical (unpaired) electrons. The van der Waals surface area contributed by atoms with Crippen LogP contribution in [-0.4, -0.2) is 38.9 Å². The van der Waals surface area contributed by atoms with Crippen LogP contribution in [0.5, 0.6) is 0 Å². The van der Waals surface area contributed by atoms with Crippen molar-refractivity contribution in [3.05, 3.63) is 59.7 Å². The highest BCUT2D eigenvalue weighted by Gasteiger charge is 2.13. The molecule has 0 bridgehead atoms. The lowest BCUT2D eigenvalue weighted by atomic mass is 10.1. The van der Waals surface area contributed by atoms with E-state index < -0.39 is 28.2 Å². The fourth-order valence-electron chi connectivity index (χ4n) is 2.08. The number of hydrogen-bond donors (Lipinski definition) is 1. The first-order valence-electron chi connectivity index (χ1n) is 7.55. The van der Waals surface area contributed by atoms with E-state index in [1.807, 2.05) is 0 Å². The smallest absolute Gasteiger partial charge is 0.338 e. The Balaban J connectivity index is 1.96. The van der Waals surface area contributed by atoms with Crippen molar-refractivity contribution < 1.29 is 27.5 Å². The van der Waals surface area contributed by atoms with Gasteiger partial charge in [-0.15, -0.1) is 0 Å². The Morgan fingerprint density at radius 1 is 0.923 bits per heavy atom. The van der Waals surface area contributed by atoms with E-state index in [4.69, 9.17) is 4.74 Å². The standard InChI is InChI=1S/C18H17NO6S/c1-12(20)19-15-7-3-13(4-8-15)17(21)11-25-18(22)14-5-9-16(10-6-14)26(2,23)24/h3-10H,11H2,1-2H3,(H,19,20). The Hall–Kier alpha value is -3.00. The molecule has 0 atom stereocenters. The summed E-state index contributed by atoms with van der Waals surface area (Å²) in [4.78, 5) is 35.0. The predicted molar refractivity (Wildman–Crippen MR) is 94.9 cm³/mol. The van der Waals surface area contributed by atoms with E-state index in [1.165, 1.54) is 43.3 Å². The van der Waals surface area contributed by atoms with Crippen LogP contribution in [-0.2, 0) is 19.4 Å². The van der Waals surface area contributed by atoms with Gasteiger partial charge in [0, 0.05) is 24.4 Å². The predicted octanol–water partition coefficient (Wildman–Crippen LogP) is 2.09. The molecule has 2 aromatic rings. The van der Waals surface area contributed by atoms with Crippen LogP contribution in [0.2, 0.25) is 0 Å². The van der Waals surface area contributed by atoms with Crippen LogP contribution < -0.4 is 5.32 Å². The van der Waals surface area contributed by atoms with Crippen molar-refractivity contribution in [1.82, 2.24) is 0 Å². The summed E-state index contributed by atoms with van der Waals surface area (Å²) in [6, 6.07) is 11.4. The molecule has 1 N–H and O–H groups in total. The van der Waals surface area contributed by atoms with Crippen LogP contribution in [0.25, 0.3) is 0 Å². The van der Waals surface area contributed by atoms with Gasteiger partial charge in [0.15, 0.2) is 22.2 Å². The van der Waals surface area contributed by atoms with Gasteiger partial charge in [0.1, 0.15) is 0 Å². The van der Waals surface area contributed by atoms with Crippen molar-refractivity contribution >= 4 is 33.2 Å². The van der Waals surface area contributed by atoms with Gasteiger partial charge in [0.2, 0.25) is 5.91 Å². The fraction of sp³-hybridized carbons (Fsp3) is 0.167. The minimum Gasteiger partial charge on any atom is -0.454 e. The van der Waals surface area contributed by atoms with Gasteiger partial charge in [-0.1, -0.05) is 0 Å². The normalized spacial score (nSPS) is 10.8. The number of amides is 1. The van der Waals surface area contributed by atoms with Crippen LogP contribution >= 0.6 is 0 Å². The molecule has 0 heterocycles. The van der Waals surface area contributed by atoms with E-state index in [9.17, 15) is 22.8 Å². The van der Waals surface area contributed by atoms with Gasteiger partial charge < -0.3 is 10.1 Å². The average Bonchev–Trinajstić information content (AvgIpc) is 2.59. The molecule has 0 unspecified atom stereocenters. The summed E-state index contributed by atoms with van der Waals surface area (Å²) in [5.74, 6) is -1.35. The number of ether oxygens (including phenoxy) is 1. The minimum absolute atomic E-state index is 0.0874. The first-order chi connectivity index (χ1) is 12.2. The first kappa shape index (κ1) is 19.3. The van der Waals surface area contributed by atoms with Crippen LogP contribution in [0.1, 0.15) is 27.6 Å². The Morgan fingerprint density at radius 3 is 1.96 bits per heavy atom. The van der Waals surface area contributed by atoms with Crippen molar-refractivity contribution in [1.29, 1.82) is 0 Å². The lowest BCUT2D eigenvalue weighted by Crippen LogP contribution is -2.14. The number of rotatable bonds is 6. The lowest BCUT2D eigenvalue weighted by molar-refractivity contribution is -0.114. The van der Waals surface area contributed by atoms with Gasteiger partial charge >= 0.3 is 5.97 Å². The molecule has 136 valence electrons. The molecular formula is C18H17NO6S. The first-order valence-corrected chi connectivity index (χ1v) is 9.44. The van der Waals surface area contributed by atoms with Crippen molar-refractivity contribution in [2.45, 2.75) is 11.8 Å². The molecular weight excluding hydrogens is 358 g/mol. The third-order valence-electron chi connectivity index (χ3n) is 3.38. The van der Waals surface area contributed by atoms with Gasteiger partial charge in [-0.3, -0.25) is 9.59 Å². The molecule has 0 fully saturated rings. The average molecular weight is 375 g/mol. The molecule has 1 amide bonds. The molecule has 26 heavy (non-hydrogen) atoms. The van der Waals surface area contributed by atoms with E-state index in [0.717, 1.165) is 6.26 Å². The summed E-state index contributed by atoms with van der Waals surface area (Å²) in [5.41, 5.74) is 1.03. The van der Waals surface area contributed by atoms with E-state index in [-0.39, 0.29) is 16.4 Å². The molecule has 0 spiro atoms. The number of sulfone groups is 1. The molecule has 0 aliphatic carbocycles. The van der Waals surface area contributed by atoms with Gasteiger partial charge in [-0.25, -0.2) is 13.2 Å². The molecule has 8 heteroatoms. The molecule has 2 rings (SSSR count). The molecule has 0 aliphatic heterocycles. The summed E-state index contributed by atoms with van der Waals surface area (Å²) < 4.78 is 27.7. The van der Waals surface area contributed by atoms with Crippen molar-refractivity contribution in [2.75, 3.05) is 18.2 Å². The van der Waals surface area contributed by atoms with E-state index in [2.05, 4.69) is 5.32 Å². The molecule has 7 nitrogen and oxygen atoms in total. The molecule has 0 saturated heterocycles. The maximum Gasteiger partial charge on any atom is 0.338 e. The van der Waals surface area contributed by atoms with Crippen LogP contribution in [0.4, 0.5) is 5.69 Å². The van der Waals surface area contributed by atoms with Gasteiger partial charge in [0.25, 0.3) is 0 Å². The largest absolute Gasteiger partial charge is 0.454 e. The summed E-state index contributed by atoms with van der Waals surface area (Å²) in [6.07, 6.45) is 1.07. The summed E-state index contributed by atoms with van der Waals surface area (Å²) in [6.45, 7) is 0.924. The number of ketones is 1.